The van der Waals surface area contributed by atoms with Crippen LogP contribution in [0.1, 0.15) is 39.3 Å². The lowest BCUT2D eigenvalue weighted by molar-refractivity contribution is 0.0259. The number of likely N-dealkylation sites (N-methyl/N-ethyl adjacent to an activating group) is 1. The first kappa shape index (κ1) is 19.5. The molecule has 1 aromatic carbocycles. The fourth-order valence-electron chi connectivity index (χ4n) is 2.20. The van der Waals surface area contributed by atoms with Crippen LogP contribution in [0.15, 0.2) is 30.3 Å². The zero-order valence-electron chi connectivity index (χ0n) is 15.0. The first-order chi connectivity index (χ1) is 10.9. The minimum atomic E-state index is -0.472. The summed E-state index contributed by atoms with van der Waals surface area (Å²) < 4.78 is 10.7. The van der Waals surface area contributed by atoms with Gasteiger partial charge in [-0.2, -0.15) is 0 Å². The molecule has 5 nitrogen and oxygen atoms in total. The summed E-state index contributed by atoms with van der Waals surface area (Å²) in [6, 6.07) is 10.3. The first-order valence-electron chi connectivity index (χ1n) is 8.12. The van der Waals surface area contributed by atoms with Gasteiger partial charge in [0.2, 0.25) is 0 Å². The molecular formula is C18H30N2O3. The molecule has 0 heterocycles. The Morgan fingerprint density at radius 2 is 1.91 bits per heavy atom. The van der Waals surface area contributed by atoms with Crippen LogP contribution in [0.25, 0.3) is 0 Å². The van der Waals surface area contributed by atoms with Crippen molar-refractivity contribution in [1.82, 2.24) is 10.2 Å². The van der Waals surface area contributed by atoms with Crippen molar-refractivity contribution in [1.29, 1.82) is 0 Å². The Balaban J connectivity index is 2.52. The van der Waals surface area contributed by atoms with Gasteiger partial charge in [-0.05, 0) is 33.3 Å². The van der Waals surface area contributed by atoms with Crippen molar-refractivity contribution < 1.29 is 14.3 Å². The Hall–Kier alpha value is -1.59. The molecule has 0 spiro atoms. The summed E-state index contributed by atoms with van der Waals surface area (Å²) in [4.78, 5) is 13.8. The number of benzene rings is 1. The number of hydrogen-bond donors (Lipinski definition) is 1. The van der Waals surface area contributed by atoms with E-state index in [0.29, 0.717) is 26.2 Å². The zero-order valence-corrected chi connectivity index (χ0v) is 15.0. The van der Waals surface area contributed by atoms with Gasteiger partial charge < -0.3 is 19.7 Å². The maximum Gasteiger partial charge on any atom is 0.410 e. The van der Waals surface area contributed by atoms with Crippen molar-refractivity contribution >= 4 is 6.09 Å². The van der Waals surface area contributed by atoms with Gasteiger partial charge in [0.05, 0.1) is 12.6 Å². The van der Waals surface area contributed by atoms with Crippen LogP contribution in [-0.4, -0.2) is 49.9 Å². The SMILES string of the molecule is CCN(CCNC(COC)c1ccccc1)C(=O)OC(C)(C)C. The summed E-state index contributed by atoms with van der Waals surface area (Å²) in [5, 5.41) is 3.45. The average molecular weight is 322 g/mol. The zero-order chi connectivity index (χ0) is 17.3. The molecule has 130 valence electrons. The quantitative estimate of drug-likeness (QED) is 0.798. The standard InChI is InChI=1S/C18H30N2O3/c1-6-20(17(21)23-18(2,3)4)13-12-19-16(14-22-5)15-10-8-7-9-11-15/h7-11,16,19H,6,12-14H2,1-5H3. The summed E-state index contributed by atoms with van der Waals surface area (Å²) >= 11 is 0. The van der Waals surface area contributed by atoms with E-state index in [2.05, 4.69) is 17.4 Å². The molecule has 1 unspecified atom stereocenters. The lowest BCUT2D eigenvalue weighted by Crippen LogP contribution is -2.41. The summed E-state index contributed by atoms with van der Waals surface area (Å²) in [5.74, 6) is 0. The lowest BCUT2D eigenvalue weighted by Gasteiger charge is -2.27. The third-order valence-electron chi connectivity index (χ3n) is 3.34. The van der Waals surface area contributed by atoms with Gasteiger partial charge in [-0.1, -0.05) is 30.3 Å². The molecule has 23 heavy (non-hydrogen) atoms. The third-order valence-corrected chi connectivity index (χ3v) is 3.34. The topological polar surface area (TPSA) is 50.8 Å². The van der Waals surface area contributed by atoms with Gasteiger partial charge in [-0.25, -0.2) is 4.79 Å². The molecule has 0 aliphatic heterocycles. The molecule has 0 saturated carbocycles. The van der Waals surface area contributed by atoms with Gasteiger partial charge >= 0.3 is 6.09 Å². The number of ether oxygens (including phenoxy) is 2. The number of carbonyl (C=O) groups excluding carboxylic acids is 1. The second-order valence-electron chi connectivity index (χ2n) is 6.43. The maximum absolute atomic E-state index is 12.1. The monoisotopic (exact) mass is 322 g/mol. The molecule has 5 heteroatoms. The van der Waals surface area contributed by atoms with Gasteiger partial charge in [-0.3, -0.25) is 0 Å². The minimum Gasteiger partial charge on any atom is -0.444 e. The molecule has 1 N–H and O–H groups in total. The molecule has 0 aromatic heterocycles. The van der Waals surface area contributed by atoms with Gasteiger partial charge in [-0.15, -0.1) is 0 Å². The van der Waals surface area contributed by atoms with Crippen molar-refractivity contribution in [3.63, 3.8) is 0 Å². The molecule has 0 fully saturated rings. The van der Waals surface area contributed by atoms with E-state index >= 15 is 0 Å². The van der Waals surface area contributed by atoms with E-state index < -0.39 is 5.60 Å². The number of hydrogen-bond acceptors (Lipinski definition) is 4. The normalized spacial score (nSPS) is 12.7. The highest BCUT2D eigenvalue weighted by atomic mass is 16.6. The van der Waals surface area contributed by atoms with Gasteiger partial charge in [0, 0.05) is 26.7 Å². The van der Waals surface area contributed by atoms with Crippen LogP contribution in [0.4, 0.5) is 4.79 Å². The van der Waals surface area contributed by atoms with Crippen molar-refractivity contribution in [3.8, 4) is 0 Å². The molecule has 0 radical (unpaired) electrons. The Kier molecular flexibility index (Phi) is 8.06. The molecule has 1 amide bonds. The second kappa shape index (κ2) is 9.53. The molecule has 1 aromatic rings. The van der Waals surface area contributed by atoms with Crippen LogP contribution in [-0.2, 0) is 9.47 Å². The average Bonchev–Trinajstić information content (AvgIpc) is 2.49. The third kappa shape index (κ3) is 7.48. The number of nitrogens with zero attached hydrogens (tertiary/aromatic N) is 1. The van der Waals surface area contributed by atoms with Crippen LogP contribution in [0, 0.1) is 0 Å². The van der Waals surface area contributed by atoms with Crippen molar-refractivity contribution in [2.45, 2.75) is 39.3 Å². The van der Waals surface area contributed by atoms with Crippen LogP contribution in [0.2, 0.25) is 0 Å². The van der Waals surface area contributed by atoms with Crippen LogP contribution < -0.4 is 5.32 Å². The van der Waals surface area contributed by atoms with Gasteiger partial charge in [0.25, 0.3) is 0 Å². The van der Waals surface area contributed by atoms with Gasteiger partial charge in [0.1, 0.15) is 5.60 Å². The lowest BCUT2D eigenvalue weighted by atomic mass is 10.1. The Bertz CT molecular complexity index is 457. The Morgan fingerprint density at radius 1 is 1.26 bits per heavy atom. The number of amides is 1. The van der Waals surface area contributed by atoms with E-state index in [1.165, 1.54) is 5.56 Å². The van der Waals surface area contributed by atoms with Crippen molar-refractivity contribution in [2.24, 2.45) is 0 Å². The molecule has 1 atom stereocenters. The second-order valence-corrected chi connectivity index (χ2v) is 6.43. The van der Waals surface area contributed by atoms with Crippen LogP contribution in [0.3, 0.4) is 0 Å². The fourth-order valence-corrected chi connectivity index (χ4v) is 2.20. The highest BCUT2D eigenvalue weighted by Gasteiger charge is 2.21. The number of rotatable bonds is 8. The van der Waals surface area contributed by atoms with E-state index in [-0.39, 0.29) is 12.1 Å². The van der Waals surface area contributed by atoms with Crippen LogP contribution in [0.5, 0.6) is 0 Å². The molecule has 0 aliphatic rings. The fraction of sp³-hybridized carbons (Fsp3) is 0.611. The van der Waals surface area contributed by atoms with Crippen molar-refractivity contribution in [3.05, 3.63) is 35.9 Å². The Labute approximate surface area is 140 Å². The van der Waals surface area contributed by atoms with Gasteiger partial charge in [0.15, 0.2) is 0 Å². The molecule has 1 rings (SSSR count). The minimum absolute atomic E-state index is 0.110. The molecule has 0 aliphatic carbocycles. The van der Waals surface area contributed by atoms with Crippen molar-refractivity contribution in [2.75, 3.05) is 33.4 Å². The highest BCUT2D eigenvalue weighted by Crippen LogP contribution is 2.13. The maximum atomic E-state index is 12.1. The number of carbonyl (C=O) groups is 1. The summed E-state index contributed by atoms with van der Waals surface area (Å²) in [6.45, 7) is 10.1. The van der Waals surface area contributed by atoms with E-state index in [9.17, 15) is 4.79 Å². The molecular weight excluding hydrogens is 292 g/mol. The van der Waals surface area contributed by atoms with E-state index in [4.69, 9.17) is 9.47 Å². The summed E-state index contributed by atoms with van der Waals surface area (Å²) in [7, 11) is 1.69. The van der Waals surface area contributed by atoms with Crippen LogP contribution >= 0.6 is 0 Å². The smallest absolute Gasteiger partial charge is 0.410 e. The summed E-state index contributed by atoms with van der Waals surface area (Å²) in [6.07, 6.45) is -0.273. The largest absolute Gasteiger partial charge is 0.444 e. The number of nitrogens with one attached hydrogen (secondary N) is 1. The molecule has 0 saturated heterocycles. The molecule has 0 bridgehead atoms. The summed E-state index contributed by atoms with van der Waals surface area (Å²) in [5.41, 5.74) is 0.704. The van der Waals surface area contributed by atoms with E-state index in [0.717, 1.165) is 0 Å². The van der Waals surface area contributed by atoms with E-state index in [1.807, 2.05) is 45.9 Å². The predicted molar refractivity (Wildman–Crippen MR) is 92.5 cm³/mol. The first-order valence-corrected chi connectivity index (χ1v) is 8.12. The highest BCUT2D eigenvalue weighted by molar-refractivity contribution is 5.68. The number of methoxy groups -OCH3 is 1. The predicted octanol–water partition coefficient (Wildman–Crippen LogP) is 3.22. The van der Waals surface area contributed by atoms with E-state index in [1.54, 1.807) is 12.0 Å². The Morgan fingerprint density at radius 3 is 2.43 bits per heavy atom.